The number of carbonyl (C=O) groups excluding carboxylic acids is 1. The number of halogens is 1. The van der Waals surface area contributed by atoms with Crippen molar-refractivity contribution in [2.45, 2.75) is 6.42 Å². The summed E-state index contributed by atoms with van der Waals surface area (Å²) in [4.78, 5) is 11.5. The number of anilines is 1. The fourth-order valence-electron chi connectivity index (χ4n) is 1.34. The molecule has 4 nitrogen and oxygen atoms in total. The van der Waals surface area contributed by atoms with Crippen LogP contribution >= 0.6 is 15.9 Å². The Balaban J connectivity index is 2.17. The summed E-state index contributed by atoms with van der Waals surface area (Å²) in [6.07, 6.45) is 2.49. The first-order valence-electron chi connectivity index (χ1n) is 5.64. The van der Waals surface area contributed by atoms with Crippen LogP contribution < -0.4 is 10.6 Å². The summed E-state index contributed by atoms with van der Waals surface area (Å²) in [6.45, 7) is 0.972. The van der Waals surface area contributed by atoms with Gasteiger partial charge in [0.25, 0.3) is 0 Å². The summed E-state index contributed by atoms with van der Waals surface area (Å²) in [7, 11) is -0.759. The maximum atomic E-state index is 11.5. The van der Waals surface area contributed by atoms with E-state index < -0.39 is 10.8 Å². The predicted molar refractivity (Wildman–Crippen MR) is 79.2 cm³/mol. The number of hydrogen-bond acceptors (Lipinski definition) is 3. The molecule has 1 amide bonds. The summed E-state index contributed by atoms with van der Waals surface area (Å²) in [5, 5.41) is 5.80. The van der Waals surface area contributed by atoms with Gasteiger partial charge in [0.15, 0.2) is 0 Å². The molecule has 0 aliphatic heterocycles. The van der Waals surface area contributed by atoms with Crippen molar-refractivity contribution in [3.8, 4) is 0 Å². The zero-order chi connectivity index (χ0) is 13.4. The molecular formula is C12H17BrN2O2S. The Hall–Kier alpha value is -0.720. The van der Waals surface area contributed by atoms with E-state index in [1.54, 1.807) is 6.26 Å². The summed E-state index contributed by atoms with van der Waals surface area (Å²) in [5.74, 6) is 0.594. The van der Waals surface area contributed by atoms with Crippen LogP contribution in [-0.4, -0.2) is 35.2 Å². The zero-order valence-corrected chi connectivity index (χ0v) is 12.6. The van der Waals surface area contributed by atoms with Crippen molar-refractivity contribution in [3.05, 3.63) is 28.7 Å². The van der Waals surface area contributed by atoms with Crippen molar-refractivity contribution in [1.29, 1.82) is 0 Å². The highest BCUT2D eigenvalue weighted by molar-refractivity contribution is 9.10. The number of amides is 1. The van der Waals surface area contributed by atoms with Crippen LogP contribution in [0, 0.1) is 0 Å². The van der Waals surface area contributed by atoms with Gasteiger partial charge in [0.05, 0.1) is 6.54 Å². The Morgan fingerprint density at radius 3 is 2.61 bits per heavy atom. The topological polar surface area (TPSA) is 58.2 Å². The maximum Gasteiger partial charge on any atom is 0.238 e. The van der Waals surface area contributed by atoms with Crippen molar-refractivity contribution < 1.29 is 9.00 Å². The summed E-state index contributed by atoms with van der Waals surface area (Å²) < 4.78 is 11.8. The quantitative estimate of drug-likeness (QED) is 0.748. The molecule has 2 N–H and O–H groups in total. The lowest BCUT2D eigenvalue weighted by Gasteiger charge is -2.06. The van der Waals surface area contributed by atoms with Gasteiger partial charge in [0, 0.05) is 33.0 Å². The molecule has 100 valence electrons. The first-order chi connectivity index (χ1) is 8.58. The molecule has 0 aromatic heterocycles. The number of hydrogen-bond donors (Lipinski definition) is 2. The summed E-state index contributed by atoms with van der Waals surface area (Å²) in [5.41, 5.74) is 0.777. The molecule has 0 bridgehead atoms. The normalized spacial score (nSPS) is 12.1. The van der Waals surface area contributed by atoms with Gasteiger partial charge in [-0.25, -0.2) is 0 Å². The van der Waals surface area contributed by atoms with E-state index in [1.165, 1.54) is 0 Å². The first-order valence-corrected chi connectivity index (χ1v) is 8.16. The fraction of sp³-hybridized carbons (Fsp3) is 0.417. The van der Waals surface area contributed by atoms with E-state index in [1.807, 2.05) is 24.3 Å². The summed E-state index contributed by atoms with van der Waals surface area (Å²) in [6, 6.07) is 7.42. The van der Waals surface area contributed by atoms with E-state index in [0.29, 0.717) is 12.3 Å². The van der Waals surface area contributed by atoms with Crippen LogP contribution in [0.5, 0.6) is 0 Å². The second-order valence-electron chi connectivity index (χ2n) is 3.86. The van der Waals surface area contributed by atoms with Gasteiger partial charge in [-0.2, -0.15) is 0 Å². The Kier molecular flexibility index (Phi) is 7.15. The average Bonchev–Trinajstić information content (AvgIpc) is 2.31. The highest BCUT2D eigenvalue weighted by Crippen LogP contribution is 2.13. The SMILES string of the molecule is CS(=O)CCCNCC(=O)Nc1ccc(Br)cc1. The Morgan fingerprint density at radius 2 is 2.00 bits per heavy atom. The minimum Gasteiger partial charge on any atom is -0.325 e. The summed E-state index contributed by atoms with van der Waals surface area (Å²) >= 11 is 3.33. The molecule has 6 heteroatoms. The van der Waals surface area contributed by atoms with Crippen LogP contribution in [-0.2, 0) is 15.6 Å². The molecule has 1 atom stereocenters. The molecule has 0 saturated heterocycles. The first kappa shape index (κ1) is 15.3. The lowest BCUT2D eigenvalue weighted by Crippen LogP contribution is -2.29. The minimum absolute atomic E-state index is 0.0741. The maximum absolute atomic E-state index is 11.5. The zero-order valence-electron chi connectivity index (χ0n) is 10.2. The molecule has 18 heavy (non-hydrogen) atoms. The van der Waals surface area contributed by atoms with Crippen LogP contribution in [0.1, 0.15) is 6.42 Å². The molecule has 0 aliphatic rings. The van der Waals surface area contributed by atoms with Crippen LogP contribution in [0.2, 0.25) is 0 Å². The second kappa shape index (κ2) is 8.39. The van der Waals surface area contributed by atoms with Crippen molar-refractivity contribution in [1.82, 2.24) is 5.32 Å². The van der Waals surface area contributed by atoms with Gasteiger partial charge in [-0.05, 0) is 37.2 Å². The molecule has 0 heterocycles. The van der Waals surface area contributed by atoms with Gasteiger partial charge in [0.1, 0.15) is 0 Å². The van der Waals surface area contributed by atoms with Gasteiger partial charge in [0.2, 0.25) is 5.91 Å². The van der Waals surface area contributed by atoms with E-state index in [-0.39, 0.29) is 12.5 Å². The largest absolute Gasteiger partial charge is 0.325 e. The number of rotatable bonds is 7. The van der Waals surface area contributed by atoms with Gasteiger partial charge in [-0.1, -0.05) is 15.9 Å². The smallest absolute Gasteiger partial charge is 0.238 e. The van der Waals surface area contributed by atoms with Crippen LogP contribution in [0.15, 0.2) is 28.7 Å². The molecule has 0 saturated carbocycles. The molecule has 0 radical (unpaired) electrons. The third-order valence-electron chi connectivity index (χ3n) is 2.20. The molecular weight excluding hydrogens is 316 g/mol. The van der Waals surface area contributed by atoms with Crippen molar-refractivity contribution in [2.75, 3.05) is 30.4 Å². The molecule has 0 spiro atoms. The number of benzene rings is 1. The van der Waals surface area contributed by atoms with Gasteiger partial charge >= 0.3 is 0 Å². The van der Waals surface area contributed by atoms with Crippen molar-refractivity contribution >= 4 is 38.3 Å². The molecule has 0 fully saturated rings. The van der Waals surface area contributed by atoms with E-state index in [9.17, 15) is 9.00 Å². The van der Waals surface area contributed by atoms with E-state index >= 15 is 0 Å². The third-order valence-corrected chi connectivity index (χ3v) is 3.59. The van der Waals surface area contributed by atoms with Crippen LogP contribution in [0.25, 0.3) is 0 Å². The highest BCUT2D eigenvalue weighted by Gasteiger charge is 2.01. The monoisotopic (exact) mass is 332 g/mol. The van der Waals surface area contributed by atoms with Gasteiger partial charge < -0.3 is 10.6 Å². The predicted octanol–water partition coefficient (Wildman–Crippen LogP) is 1.75. The Morgan fingerprint density at radius 1 is 1.33 bits per heavy atom. The standard InChI is InChI=1S/C12H17BrN2O2S/c1-18(17)8-2-7-14-9-12(16)15-11-5-3-10(13)4-6-11/h3-6,14H,2,7-9H2,1H3,(H,15,16). The lowest BCUT2D eigenvalue weighted by atomic mass is 10.3. The van der Waals surface area contributed by atoms with Gasteiger partial charge in [-0.15, -0.1) is 0 Å². The minimum atomic E-state index is -0.759. The van der Waals surface area contributed by atoms with Crippen molar-refractivity contribution in [3.63, 3.8) is 0 Å². The Bertz CT molecular complexity index is 409. The van der Waals surface area contributed by atoms with Gasteiger partial charge in [-0.3, -0.25) is 9.00 Å². The molecule has 1 aromatic rings. The van der Waals surface area contributed by atoms with Crippen LogP contribution in [0.3, 0.4) is 0 Å². The number of nitrogens with one attached hydrogen (secondary N) is 2. The van der Waals surface area contributed by atoms with E-state index in [0.717, 1.165) is 16.6 Å². The molecule has 0 aliphatic carbocycles. The van der Waals surface area contributed by atoms with E-state index in [2.05, 4.69) is 26.6 Å². The fourth-order valence-corrected chi connectivity index (χ4v) is 2.16. The third kappa shape index (κ3) is 6.88. The molecule has 1 unspecified atom stereocenters. The molecule has 1 aromatic carbocycles. The van der Waals surface area contributed by atoms with Crippen LogP contribution in [0.4, 0.5) is 5.69 Å². The number of carbonyl (C=O) groups is 1. The highest BCUT2D eigenvalue weighted by atomic mass is 79.9. The Labute approximate surface area is 118 Å². The average molecular weight is 333 g/mol. The van der Waals surface area contributed by atoms with E-state index in [4.69, 9.17) is 0 Å². The second-order valence-corrected chi connectivity index (χ2v) is 6.33. The lowest BCUT2D eigenvalue weighted by molar-refractivity contribution is -0.115. The molecule has 1 rings (SSSR count). The van der Waals surface area contributed by atoms with Crippen molar-refractivity contribution in [2.24, 2.45) is 0 Å².